The van der Waals surface area contributed by atoms with Crippen molar-refractivity contribution in [3.8, 4) is 0 Å². The third-order valence-corrected chi connectivity index (χ3v) is 8.39. The highest BCUT2D eigenvalue weighted by Crippen LogP contribution is 2.27. The molecule has 0 bridgehead atoms. The summed E-state index contributed by atoms with van der Waals surface area (Å²) in [4.78, 5) is 27.7. The summed E-state index contributed by atoms with van der Waals surface area (Å²) in [6, 6.07) is 17.9. The van der Waals surface area contributed by atoms with Gasteiger partial charge in [-0.3, -0.25) is 13.9 Å². The fourth-order valence-corrected chi connectivity index (χ4v) is 5.36. The SMILES string of the molecule is CNC(=O)[C@H](C)N(Cc1ccc(Cl)cc1)C(=O)CN(c1ccc(C)c(C)c1)S(=O)(=O)c1ccc(C)cc1. The van der Waals surface area contributed by atoms with Crippen molar-refractivity contribution in [1.29, 1.82) is 0 Å². The van der Waals surface area contributed by atoms with Crippen LogP contribution >= 0.6 is 11.6 Å². The van der Waals surface area contributed by atoms with Crippen molar-refractivity contribution in [1.82, 2.24) is 10.2 Å². The first kappa shape index (κ1) is 28.2. The standard InChI is InChI=1S/C28H32ClN3O4S/c1-19-6-14-26(15-7-19)37(35,36)32(25-13-8-20(2)21(3)16-25)18-27(33)31(22(4)28(34)30-5)17-23-9-11-24(29)12-10-23/h6-16,22H,17-18H2,1-5H3,(H,30,34)/t22-/m0/s1. The van der Waals surface area contributed by atoms with Crippen LogP contribution in [0.3, 0.4) is 0 Å². The van der Waals surface area contributed by atoms with Crippen LogP contribution < -0.4 is 9.62 Å². The van der Waals surface area contributed by atoms with Gasteiger partial charge in [-0.2, -0.15) is 0 Å². The van der Waals surface area contributed by atoms with Crippen LogP contribution in [0.1, 0.15) is 29.2 Å². The van der Waals surface area contributed by atoms with E-state index in [9.17, 15) is 18.0 Å². The molecule has 0 heterocycles. The maximum atomic E-state index is 13.8. The second kappa shape index (κ2) is 11.8. The Kier molecular flexibility index (Phi) is 8.99. The summed E-state index contributed by atoms with van der Waals surface area (Å²) >= 11 is 6.01. The number of carbonyl (C=O) groups excluding carboxylic acids is 2. The fourth-order valence-electron chi connectivity index (χ4n) is 3.82. The lowest BCUT2D eigenvalue weighted by atomic mass is 10.1. The molecule has 0 aliphatic carbocycles. The van der Waals surface area contributed by atoms with E-state index in [0.717, 1.165) is 26.6 Å². The van der Waals surface area contributed by atoms with E-state index in [2.05, 4.69) is 5.32 Å². The Morgan fingerprint density at radius 3 is 2.11 bits per heavy atom. The number of amides is 2. The van der Waals surface area contributed by atoms with Gasteiger partial charge < -0.3 is 10.2 Å². The molecule has 0 spiro atoms. The number of hydrogen-bond donors (Lipinski definition) is 1. The number of anilines is 1. The Hall–Kier alpha value is -3.36. The van der Waals surface area contributed by atoms with Crippen molar-refractivity contribution in [2.45, 2.75) is 45.2 Å². The van der Waals surface area contributed by atoms with Gasteiger partial charge >= 0.3 is 0 Å². The summed E-state index contributed by atoms with van der Waals surface area (Å²) in [5.41, 5.74) is 3.94. The minimum absolute atomic E-state index is 0.0766. The number of aryl methyl sites for hydroxylation is 3. The monoisotopic (exact) mass is 541 g/mol. The average Bonchev–Trinajstić information content (AvgIpc) is 2.87. The fraction of sp³-hybridized carbons (Fsp3) is 0.286. The van der Waals surface area contributed by atoms with Crippen molar-refractivity contribution >= 4 is 39.1 Å². The zero-order chi connectivity index (χ0) is 27.3. The van der Waals surface area contributed by atoms with Crippen LogP contribution in [0.2, 0.25) is 5.02 Å². The predicted octanol–water partition coefficient (Wildman–Crippen LogP) is 4.62. The highest BCUT2D eigenvalue weighted by atomic mass is 35.5. The minimum atomic E-state index is -4.09. The Bertz CT molecular complexity index is 1370. The molecule has 196 valence electrons. The van der Waals surface area contributed by atoms with Crippen LogP contribution in [0.15, 0.2) is 71.6 Å². The van der Waals surface area contributed by atoms with Gasteiger partial charge in [0.05, 0.1) is 10.6 Å². The third-order valence-electron chi connectivity index (χ3n) is 6.35. The molecular weight excluding hydrogens is 510 g/mol. The molecule has 0 aliphatic rings. The molecule has 0 aromatic heterocycles. The summed E-state index contributed by atoms with van der Waals surface area (Å²) in [7, 11) is -2.60. The average molecular weight is 542 g/mol. The number of rotatable bonds is 9. The first-order valence-electron chi connectivity index (χ1n) is 11.9. The van der Waals surface area contributed by atoms with Crippen LogP contribution in [0.4, 0.5) is 5.69 Å². The first-order valence-corrected chi connectivity index (χ1v) is 13.7. The number of hydrogen-bond acceptors (Lipinski definition) is 4. The maximum absolute atomic E-state index is 13.8. The van der Waals surface area contributed by atoms with Crippen molar-refractivity contribution in [3.05, 3.63) is 94.0 Å². The summed E-state index contributed by atoms with van der Waals surface area (Å²) in [5.74, 6) is -0.874. The second-order valence-electron chi connectivity index (χ2n) is 9.03. The summed E-state index contributed by atoms with van der Waals surface area (Å²) < 4.78 is 28.7. The summed E-state index contributed by atoms with van der Waals surface area (Å²) in [6.07, 6.45) is 0. The minimum Gasteiger partial charge on any atom is -0.357 e. The van der Waals surface area contributed by atoms with E-state index in [-0.39, 0.29) is 17.3 Å². The van der Waals surface area contributed by atoms with Gasteiger partial charge in [0.25, 0.3) is 10.0 Å². The first-order chi connectivity index (χ1) is 17.4. The molecule has 0 unspecified atom stereocenters. The Labute approximate surface area is 224 Å². The Morgan fingerprint density at radius 1 is 0.919 bits per heavy atom. The lowest BCUT2D eigenvalue weighted by Gasteiger charge is -2.32. The van der Waals surface area contributed by atoms with Crippen molar-refractivity contribution < 1.29 is 18.0 Å². The number of nitrogens with one attached hydrogen (secondary N) is 1. The topological polar surface area (TPSA) is 86.8 Å². The molecule has 2 amide bonds. The summed E-state index contributed by atoms with van der Waals surface area (Å²) in [6.45, 7) is 6.93. The number of carbonyl (C=O) groups is 2. The quantitative estimate of drug-likeness (QED) is 0.428. The van der Waals surface area contributed by atoms with Gasteiger partial charge in [0.15, 0.2) is 0 Å². The van der Waals surface area contributed by atoms with E-state index < -0.39 is 28.5 Å². The number of halogens is 1. The summed E-state index contributed by atoms with van der Waals surface area (Å²) in [5, 5.41) is 3.12. The smallest absolute Gasteiger partial charge is 0.264 e. The molecule has 0 fully saturated rings. The van der Waals surface area contributed by atoms with Gasteiger partial charge in [-0.15, -0.1) is 0 Å². The Morgan fingerprint density at radius 2 is 1.54 bits per heavy atom. The molecule has 9 heteroatoms. The van der Waals surface area contributed by atoms with Gasteiger partial charge in [0.2, 0.25) is 11.8 Å². The van der Waals surface area contributed by atoms with Gasteiger partial charge in [0.1, 0.15) is 12.6 Å². The van der Waals surface area contributed by atoms with E-state index >= 15 is 0 Å². The van der Waals surface area contributed by atoms with Crippen molar-refractivity contribution in [3.63, 3.8) is 0 Å². The van der Waals surface area contributed by atoms with E-state index in [1.54, 1.807) is 55.5 Å². The van der Waals surface area contributed by atoms with Crippen LogP contribution in [0.5, 0.6) is 0 Å². The van der Waals surface area contributed by atoms with E-state index in [1.807, 2.05) is 26.8 Å². The lowest BCUT2D eigenvalue weighted by Crippen LogP contribution is -2.50. The number of sulfonamides is 1. The van der Waals surface area contributed by atoms with Gasteiger partial charge in [-0.1, -0.05) is 47.5 Å². The predicted molar refractivity (Wildman–Crippen MR) is 147 cm³/mol. The molecule has 0 saturated carbocycles. The van der Waals surface area contributed by atoms with Gasteiger partial charge in [0, 0.05) is 18.6 Å². The molecule has 0 aliphatic heterocycles. The molecule has 0 saturated heterocycles. The molecule has 0 radical (unpaired) electrons. The second-order valence-corrected chi connectivity index (χ2v) is 11.3. The molecule has 7 nitrogen and oxygen atoms in total. The molecule has 1 atom stereocenters. The normalized spacial score (nSPS) is 12.1. The van der Waals surface area contributed by atoms with Gasteiger partial charge in [-0.25, -0.2) is 8.42 Å². The maximum Gasteiger partial charge on any atom is 0.264 e. The van der Waals surface area contributed by atoms with E-state index in [4.69, 9.17) is 11.6 Å². The van der Waals surface area contributed by atoms with Crippen molar-refractivity contribution in [2.24, 2.45) is 0 Å². The molecule has 1 N–H and O–H groups in total. The van der Waals surface area contributed by atoms with Gasteiger partial charge in [-0.05, 0) is 80.8 Å². The van der Waals surface area contributed by atoms with E-state index in [1.165, 1.54) is 24.1 Å². The van der Waals surface area contributed by atoms with Crippen LogP contribution in [0, 0.1) is 20.8 Å². The van der Waals surface area contributed by atoms with Crippen LogP contribution in [-0.4, -0.2) is 44.8 Å². The van der Waals surface area contributed by atoms with Crippen LogP contribution in [-0.2, 0) is 26.2 Å². The molecule has 3 aromatic rings. The Balaban J connectivity index is 2.05. The third kappa shape index (κ3) is 6.70. The molecular formula is C28H32ClN3O4S. The lowest BCUT2D eigenvalue weighted by molar-refractivity contribution is -0.139. The number of benzene rings is 3. The van der Waals surface area contributed by atoms with Crippen molar-refractivity contribution in [2.75, 3.05) is 17.9 Å². The molecule has 37 heavy (non-hydrogen) atoms. The zero-order valence-corrected chi connectivity index (χ0v) is 23.2. The number of nitrogens with zero attached hydrogens (tertiary/aromatic N) is 2. The number of likely N-dealkylation sites (N-methyl/N-ethyl adjacent to an activating group) is 1. The molecule has 3 rings (SSSR count). The zero-order valence-electron chi connectivity index (χ0n) is 21.7. The van der Waals surface area contributed by atoms with Crippen LogP contribution in [0.25, 0.3) is 0 Å². The van der Waals surface area contributed by atoms with E-state index in [0.29, 0.717) is 10.7 Å². The molecule has 3 aromatic carbocycles. The largest absolute Gasteiger partial charge is 0.357 e. The highest BCUT2D eigenvalue weighted by Gasteiger charge is 2.32. The highest BCUT2D eigenvalue weighted by molar-refractivity contribution is 7.92.